The van der Waals surface area contributed by atoms with Gasteiger partial charge in [0.05, 0.1) is 11.9 Å². The Balaban J connectivity index is 1.90. The van der Waals surface area contributed by atoms with Gasteiger partial charge in [0.25, 0.3) is 0 Å². The van der Waals surface area contributed by atoms with Crippen molar-refractivity contribution in [3.05, 3.63) is 18.1 Å². The number of nitrogens with zero attached hydrogens (tertiary/aromatic N) is 6. The van der Waals surface area contributed by atoms with Crippen molar-refractivity contribution >= 4 is 11.3 Å². The van der Waals surface area contributed by atoms with E-state index < -0.39 is 0 Å². The molecule has 2 aromatic heterocycles. The monoisotopic (exact) mass is 232 g/mol. The molecule has 1 aliphatic rings. The Labute approximate surface area is 99.8 Å². The van der Waals surface area contributed by atoms with Crippen molar-refractivity contribution < 1.29 is 0 Å². The fraction of sp³-hybridized carbons (Fsp3) is 0.545. The molecule has 0 amide bonds. The van der Waals surface area contributed by atoms with Crippen molar-refractivity contribution in [3.8, 4) is 0 Å². The average molecular weight is 232 g/mol. The molecule has 0 aromatic carbocycles. The molecule has 0 N–H and O–H groups in total. The van der Waals surface area contributed by atoms with E-state index in [1.54, 1.807) is 4.52 Å². The molecule has 6 nitrogen and oxygen atoms in total. The molecule has 3 heterocycles. The Morgan fingerprint density at radius 3 is 2.65 bits per heavy atom. The lowest BCUT2D eigenvalue weighted by Crippen LogP contribution is -2.44. The van der Waals surface area contributed by atoms with Gasteiger partial charge in [0.15, 0.2) is 11.5 Å². The van der Waals surface area contributed by atoms with E-state index in [1.807, 2.05) is 13.1 Å². The van der Waals surface area contributed by atoms with Gasteiger partial charge in [-0.05, 0) is 14.0 Å². The molecule has 0 aliphatic carbocycles. The first kappa shape index (κ1) is 10.5. The van der Waals surface area contributed by atoms with E-state index in [1.165, 1.54) is 0 Å². The van der Waals surface area contributed by atoms with Gasteiger partial charge in [0, 0.05) is 32.2 Å². The number of likely N-dealkylation sites (N-methyl/N-ethyl adjacent to an activating group) is 1. The van der Waals surface area contributed by atoms with Gasteiger partial charge in [0.1, 0.15) is 0 Å². The van der Waals surface area contributed by atoms with Crippen LogP contribution in [0.3, 0.4) is 0 Å². The molecular weight excluding hydrogens is 216 g/mol. The molecule has 3 rings (SSSR count). The van der Waals surface area contributed by atoms with Gasteiger partial charge in [-0.15, -0.1) is 10.2 Å². The third-order valence-corrected chi connectivity index (χ3v) is 3.27. The lowest BCUT2D eigenvalue weighted by molar-refractivity contribution is 0.312. The molecule has 0 spiro atoms. The van der Waals surface area contributed by atoms with E-state index in [9.17, 15) is 0 Å². The van der Waals surface area contributed by atoms with Crippen LogP contribution in [0.2, 0.25) is 0 Å². The average Bonchev–Trinajstić information content (AvgIpc) is 2.72. The summed E-state index contributed by atoms with van der Waals surface area (Å²) < 4.78 is 1.76. The van der Waals surface area contributed by atoms with Crippen molar-refractivity contribution in [2.45, 2.75) is 6.92 Å². The molecule has 6 heteroatoms. The standard InChI is InChI=1S/C11H16N6/c1-9-13-14-11-7-10(8-12-17(9)11)16-5-3-15(2)4-6-16/h7-8H,3-6H2,1-2H3. The summed E-state index contributed by atoms with van der Waals surface area (Å²) in [6, 6.07) is 2.05. The first-order chi connectivity index (χ1) is 8.24. The molecule has 0 unspecified atom stereocenters. The van der Waals surface area contributed by atoms with E-state index in [0.29, 0.717) is 0 Å². The highest BCUT2D eigenvalue weighted by atomic mass is 15.4. The van der Waals surface area contributed by atoms with Crippen LogP contribution in [-0.4, -0.2) is 57.9 Å². The van der Waals surface area contributed by atoms with E-state index in [4.69, 9.17) is 0 Å². The molecule has 2 aromatic rings. The number of aryl methyl sites for hydroxylation is 1. The summed E-state index contributed by atoms with van der Waals surface area (Å²) in [6.07, 6.45) is 1.90. The van der Waals surface area contributed by atoms with Gasteiger partial charge in [-0.3, -0.25) is 0 Å². The quantitative estimate of drug-likeness (QED) is 0.702. The van der Waals surface area contributed by atoms with Gasteiger partial charge in [-0.1, -0.05) is 0 Å². The highest BCUT2D eigenvalue weighted by molar-refractivity contribution is 5.54. The molecule has 0 saturated carbocycles. The second-order valence-electron chi connectivity index (χ2n) is 4.52. The summed E-state index contributed by atoms with van der Waals surface area (Å²) in [5.74, 6) is 0.824. The predicted molar refractivity (Wildman–Crippen MR) is 65.2 cm³/mol. The van der Waals surface area contributed by atoms with Gasteiger partial charge in [-0.25, -0.2) is 0 Å². The highest BCUT2D eigenvalue weighted by Crippen LogP contribution is 2.16. The largest absolute Gasteiger partial charge is 0.368 e. The zero-order chi connectivity index (χ0) is 11.8. The Morgan fingerprint density at radius 2 is 1.88 bits per heavy atom. The fourth-order valence-electron chi connectivity index (χ4n) is 2.13. The summed E-state index contributed by atoms with van der Waals surface area (Å²) in [4.78, 5) is 4.68. The van der Waals surface area contributed by atoms with Crippen molar-refractivity contribution in [2.75, 3.05) is 38.1 Å². The Hall–Kier alpha value is -1.69. The van der Waals surface area contributed by atoms with Crippen molar-refractivity contribution in [3.63, 3.8) is 0 Å². The molecule has 17 heavy (non-hydrogen) atoms. The van der Waals surface area contributed by atoms with E-state index in [2.05, 4.69) is 38.2 Å². The van der Waals surface area contributed by atoms with Crippen molar-refractivity contribution in [1.82, 2.24) is 24.7 Å². The van der Waals surface area contributed by atoms with Crippen LogP contribution in [0, 0.1) is 6.92 Å². The lowest BCUT2D eigenvalue weighted by Gasteiger charge is -2.33. The molecule has 0 radical (unpaired) electrons. The van der Waals surface area contributed by atoms with Crippen LogP contribution in [0.5, 0.6) is 0 Å². The van der Waals surface area contributed by atoms with E-state index >= 15 is 0 Å². The molecule has 0 atom stereocenters. The molecule has 0 bridgehead atoms. The first-order valence-corrected chi connectivity index (χ1v) is 5.85. The van der Waals surface area contributed by atoms with Gasteiger partial charge >= 0.3 is 0 Å². The molecular formula is C11H16N6. The molecule has 1 aliphatic heterocycles. The minimum Gasteiger partial charge on any atom is -0.368 e. The summed E-state index contributed by atoms with van der Waals surface area (Å²) >= 11 is 0. The van der Waals surface area contributed by atoms with Crippen LogP contribution >= 0.6 is 0 Å². The van der Waals surface area contributed by atoms with Gasteiger partial charge < -0.3 is 9.80 Å². The summed E-state index contributed by atoms with van der Waals surface area (Å²) in [7, 11) is 2.15. The minimum absolute atomic E-state index is 0.818. The van der Waals surface area contributed by atoms with Crippen molar-refractivity contribution in [1.29, 1.82) is 0 Å². The van der Waals surface area contributed by atoms with Gasteiger partial charge in [-0.2, -0.15) is 9.61 Å². The number of fused-ring (bicyclic) bond motifs is 1. The highest BCUT2D eigenvalue weighted by Gasteiger charge is 2.15. The summed E-state index contributed by atoms with van der Waals surface area (Å²) in [5, 5.41) is 12.5. The number of piperazine rings is 1. The smallest absolute Gasteiger partial charge is 0.179 e. The first-order valence-electron chi connectivity index (χ1n) is 5.85. The predicted octanol–water partition coefficient (Wildman–Crippen LogP) is 0.185. The number of aromatic nitrogens is 4. The molecule has 90 valence electrons. The van der Waals surface area contributed by atoms with Crippen LogP contribution in [0.25, 0.3) is 5.65 Å². The second-order valence-corrected chi connectivity index (χ2v) is 4.52. The third kappa shape index (κ3) is 1.84. The maximum Gasteiger partial charge on any atom is 0.179 e. The Kier molecular flexibility index (Phi) is 2.44. The third-order valence-electron chi connectivity index (χ3n) is 3.27. The number of hydrogen-bond donors (Lipinski definition) is 0. The number of hydrogen-bond acceptors (Lipinski definition) is 5. The molecule has 1 saturated heterocycles. The van der Waals surface area contributed by atoms with Crippen LogP contribution < -0.4 is 4.90 Å². The summed E-state index contributed by atoms with van der Waals surface area (Å²) in [5.41, 5.74) is 1.96. The number of anilines is 1. The second kappa shape index (κ2) is 3.96. The maximum absolute atomic E-state index is 4.37. The SMILES string of the molecule is Cc1nnc2cc(N3CCN(C)CC3)cnn12. The Bertz CT molecular complexity index is 526. The zero-order valence-corrected chi connectivity index (χ0v) is 10.2. The lowest BCUT2D eigenvalue weighted by atomic mass is 10.3. The number of rotatable bonds is 1. The minimum atomic E-state index is 0.818. The maximum atomic E-state index is 4.37. The van der Waals surface area contributed by atoms with Gasteiger partial charge in [0.2, 0.25) is 0 Å². The summed E-state index contributed by atoms with van der Waals surface area (Å²) in [6.45, 7) is 6.18. The van der Waals surface area contributed by atoms with E-state index in [0.717, 1.165) is 43.3 Å². The van der Waals surface area contributed by atoms with Crippen LogP contribution in [0.1, 0.15) is 5.82 Å². The zero-order valence-electron chi connectivity index (χ0n) is 10.2. The van der Waals surface area contributed by atoms with Crippen LogP contribution in [-0.2, 0) is 0 Å². The van der Waals surface area contributed by atoms with Crippen molar-refractivity contribution in [2.24, 2.45) is 0 Å². The topological polar surface area (TPSA) is 49.6 Å². The van der Waals surface area contributed by atoms with Crippen LogP contribution in [0.15, 0.2) is 12.3 Å². The molecule has 1 fully saturated rings. The fourth-order valence-corrected chi connectivity index (χ4v) is 2.13. The van der Waals surface area contributed by atoms with Crippen LogP contribution in [0.4, 0.5) is 5.69 Å². The normalized spacial score (nSPS) is 17.9. The Morgan fingerprint density at radius 1 is 1.12 bits per heavy atom. The van der Waals surface area contributed by atoms with E-state index in [-0.39, 0.29) is 0 Å².